The molecule has 1 aromatic heterocycles. The van der Waals surface area contributed by atoms with Crippen molar-refractivity contribution in [2.75, 3.05) is 0 Å². The molecule has 0 bridgehead atoms. The van der Waals surface area contributed by atoms with E-state index in [1.165, 1.54) is 19.1 Å². The Bertz CT molecular complexity index is 1260. The number of alkyl halides is 3. The number of amides is 1. The van der Waals surface area contributed by atoms with Crippen LogP contribution in [0.15, 0.2) is 53.6 Å². The Labute approximate surface area is 185 Å². The maximum Gasteiger partial charge on any atom is 0.490 e. The number of aliphatic hydroxyl groups is 1. The third-order valence-electron chi connectivity index (χ3n) is 4.22. The summed E-state index contributed by atoms with van der Waals surface area (Å²) < 4.78 is 58.5. The number of carbonyl (C=O) groups excluding carboxylic acids is 1. The minimum atomic E-state index is -5.08. The lowest BCUT2D eigenvalue weighted by Gasteiger charge is -2.15. The summed E-state index contributed by atoms with van der Waals surface area (Å²) in [4.78, 5) is 20.7. The number of carbonyl (C=O) groups is 2. The van der Waals surface area contributed by atoms with E-state index in [1.807, 2.05) is 22.9 Å². The topological polar surface area (TPSA) is 175 Å². The summed E-state index contributed by atoms with van der Waals surface area (Å²) in [5, 5.41) is 24.2. The van der Waals surface area contributed by atoms with Gasteiger partial charge in [0.1, 0.15) is 6.04 Å². The summed E-state index contributed by atoms with van der Waals surface area (Å²) in [6.45, 7) is 1.31. The fourth-order valence-electron chi connectivity index (χ4n) is 2.44. The second kappa shape index (κ2) is 9.97. The van der Waals surface area contributed by atoms with Gasteiger partial charge in [-0.15, -0.1) is 0 Å². The zero-order valence-corrected chi connectivity index (χ0v) is 17.7. The fraction of sp³-hybridized carbons (Fsp3) is 0.211. The molecule has 0 spiro atoms. The molecule has 0 unspecified atom stereocenters. The molecule has 6 N–H and O–H groups in total. The van der Waals surface area contributed by atoms with Gasteiger partial charge in [-0.05, 0) is 42.3 Å². The molecular weight excluding hydrogens is 469 g/mol. The van der Waals surface area contributed by atoms with Crippen molar-refractivity contribution in [1.29, 1.82) is 0 Å². The lowest BCUT2D eigenvalue weighted by molar-refractivity contribution is -0.192. The molecule has 3 rings (SSSR count). The van der Waals surface area contributed by atoms with Gasteiger partial charge < -0.3 is 15.9 Å². The van der Waals surface area contributed by atoms with Gasteiger partial charge in [-0.1, -0.05) is 18.2 Å². The molecule has 3 aromatic rings. The number of nitrogens with one attached hydrogen (secondary N) is 2. The number of rotatable bonds is 5. The number of sulfonamides is 1. The first-order chi connectivity index (χ1) is 15.2. The number of halogens is 3. The van der Waals surface area contributed by atoms with Gasteiger partial charge in [0, 0.05) is 5.39 Å². The summed E-state index contributed by atoms with van der Waals surface area (Å²) in [6, 6.07) is 10.4. The zero-order chi connectivity index (χ0) is 25.0. The molecule has 14 heteroatoms. The number of fused-ring (bicyclic) bond motifs is 1. The van der Waals surface area contributed by atoms with Crippen LogP contribution >= 0.6 is 0 Å². The molecule has 2 aromatic carbocycles. The van der Waals surface area contributed by atoms with Crippen LogP contribution in [0.4, 0.5) is 13.2 Å². The number of H-pyrrole nitrogens is 1. The number of nitrogens with two attached hydrogens (primary N) is 1. The summed E-state index contributed by atoms with van der Waals surface area (Å²) in [7, 11) is -4.11. The average molecular weight is 488 g/mol. The van der Waals surface area contributed by atoms with Gasteiger partial charge in [0.05, 0.1) is 22.7 Å². The fourth-order valence-corrected chi connectivity index (χ4v) is 3.50. The minimum Gasteiger partial charge on any atom is -0.475 e. The number of benzene rings is 2. The van der Waals surface area contributed by atoms with Crippen molar-refractivity contribution in [3.05, 3.63) is 48.7 Å². The van der Waals surface area contributed by atoms with Crippen LogP contribution in [0, 0.1) is 0 Å². The van der Waals surface area contributed by atoms with Crippen molar-refractivity contribution in [3.63, 3.8) is 0 Å². The molecule has 33 heavy (non-hydrogen) atoms. The molecule has 178 valence electrons. The highest BCUT2D eigenvalue weighted by molar-refractivity contribution is 7.90. The van der Waals surface area contributed by atoms with Gasteiger partial charge in [0.25, 0.3) is 15.9 Å². The third kappa shape index (κ3) is 6.74. The smallest absolute Gasteiger partial charge is 0.475 e. The number of aliphatic hydroxyl groups excluding tert-OH is 1. The lowest BCUT2D eigenvalue weighted by Crippen LogP contribution is -2.48. The van der Waals surface area contributed by atoms with Gasteiger partial charge in [-0.25, -0.2) is 17.9 Å². The van der Waals surface area contributed by atoms with Gasteiger partial charge in [0.15, 0.2) is 0 Å². The molecule has 2 atom stereocenters. The van der Waals surface area contributed by atoms with Crippen LogP contribution in [0.2, 0.25) is 0 Å². The van der Waals surface area contributed by atoms with Gasteiger partial charge in [-0.3, -0.25) is 9.89 Å². The van der Waals surface area contributed by atoms with E-state index in [4.69, 9.17) is 15.6 Å². The average Bonchev–Trinajstić information content (AvgIpc) is 3.20. The first-order valence-corrected chi connectivity index (χ1v) is 10.5. The maximum absolute atomic E-state index is 12.4. The molecule has 0 saturated heterocycles. The van der Waals surface area contributed by atoms with E-state index in [2.05, 4.69) is 10.2 Å². The van der Waals surface area contributed by atoms with Crippen molar-refractivity contribution >= 4 is 32.8 Å². The zero-order valence-electron chi connectivity index (χ0n) is 16.9. The lowest BCUT2D eigenvalue weighted by atomic mass is 10.0. The molecule has 1 heterocycles. The van der Waals surface area contributed by atoms with E-state index in [9.17, 15) is 31.5 Å². The molecule has 0 radical (unpaired) electrons. The van der Waals surface area contributed by atoms with Crippen LogP contribution in [0.25, 0.3) is 22.0 Å². The largest absolute Gasteiger partial charge is 0.490 e. The van der Waals surface area contributed by atoms with Crippen molar-refractivity contribution in [2.45, 2.75) is 30.1 Å². The molecule has 0 aliphatic heterocycles. The van der Waals surface area contributed by atoms with E-state index in [0.29, 0.717) is 5.56 Å². The number of carboxylic acids is 1. The summed E-state index contributed by atoms with van der Waals surface area (Å²) in [6.07, 6.45) is -4.57. The molecule has 10 nitrogen and oxygen atoms in total. The number of aliphatic carboxylic acids is 1. The predicted molar refractivity (Wildman–Crippen MR) is 110 cm³/mol. The van der Waals surface area contributed by atoms with Crippen molar-refractivity contribution < 1.29 is 41.4 Å². The molecule has 0 aliphatic carbocycles. The first kappa shape index (κ1) is 25.8. The Hall–Kier alpha value is -3.49. The Balaban J connectivity index is 0.000000479. The van der Waals surface area contributed by atoms with E-state index >= 15 is 0 Å². The third-order valence-corrected chi connectivity index (χ3v) is 5.56. The van der Waals surface area contributed by atoms with E-state index in [-0.39, 0.29) is 4.90 Å². The van der Waals surface area contributed by atoms with E-state index < -0.39 is 40.2 Å². The Morgan fingerprint density at radius 1 is 1.15 bits per heavy atom. The van der Waals surface area contributed by atoms with Gasteiger partial charge in [0.2, 0.25) is 0 Å². The maximum atomic E-state index is 12.4. The van der Waals surface area contributed by atoms with Crippen LogP contribution in [0.1, 0.15) is 6.92 Å². The highest BCUT2D eigenvalue weighted by atomic mass is 32.2. The Morgan fingerprint density at radius 3 is 2.33 bits per heavy atom. The number of aromatic nitrogens is 2. The molecular formula is C19H19F3N4O6S. The van der Waals surface area contributed by atoms with Crippen LogP contribution in [-0.4, -0.2) is 59.0 Å². The normalized spacial score (nSPS) is 13.5. The Kier molecular flexibility index (Phi) is 7.79. The molecule has 1 amide bonds. The second-order valence-corrected chi connectivity index (χ2v) is 8.42. The quantitative estimate of drug-likeness (QED) is 0.358. The Morgan fingerprint density at radius 2 is 1.76 bits per heavy atom. The first-order valence-electron chi connectivity index (χ1n) is 9.06. The molecule has 0 fully saturated rings. The number of carboxylic acid groups (broad SMARTS) is 1. The molecule has 0 aliphatic rings. The van der Waals surface area contributed by atoms with Crippen LogP contribution < -0.4 is 10.5 Å². The minimum absolute atomic E-state index is 0.0755. The second-order valence-electron chi connectivity index (χ2n) is 6.74. The van der Waals surface area contributed by atoms with Crippen molar-refractivity contribution in [3.8, 4) is 11.1 Å². The standard InChI is InChI=1S/C17H18N4O4S.C2HF3O2/c1-10(22)16(18)17(23)21-26(24,25)14-4-2-3-11(8-14)12-5-6-15-13(7-12)9-19-20-15;3-2(4,5)1(6)7/h2-10,16,22H,18H2,1H3,(H,19,20)(H,21,23);(H,6,7)/t10-,16+;/m1./s1. The van der Waals surface area contributed by atoms with Crippen molar-refractivity contribution in [1.82, 2.24) is 14.9 Å². The van der Waals surface area contributed by atoms with Crippen molar-refractivity contribution in [2.24, 2.45) is 5.73 Å². The van der Waals surface area contributed by atoms with Gasteiger partial charge in [-0.2, -0.15) is 18.3 Å². The number of hydrogen-bond donors (Lipinski definition) is 5. The number of hydrogen-bond acceptors (Lipinski definition) is 7. The summed E-state index contributed by atoms with van der Waals surface area (Å²) in [5.74, 6) is -3.72. The summed E-state index contributed by atoms with van der Waals surface area (Å²) >= 11 is 0. The predicted octanol–water partition coefficient (Wildman–Crippen LogP) is 1.38. The summed E-state index contributed by atoms with van der Waals surface area (Å²) in [5.41, 5.74) is 7.82. The van der Waals surface area contributed by atoms with Gasteiger partial charge >= 0.3 is 12.1 Å². The monoisotopic (exact) mass is 488 g/mol. The van der Waals surface area contributed by atoms with Crippen LogP contribution in [0.3, 0.4) is 0 Å². The SMILES string of the molecule is C[C@@H](O)[C@H](N)C(=O)NS(=O)(=O)c1cccc(-c2ccc3[nH]ncc3c2)c1.O=C(O)C(F)(F)F. The molecule has 0 saturated carbocycles. The number of aromatic amines is 1. The van der Waals surface area contributed by atoms with E-state index in [1.54, 1.807) is 18.3 Å². The van der Waals surface area contributed by atoms with Crippen LogP contribution in [0.5, 0.6) is 0 Å². The van der Waals surface area contributed by atoms with Crippen LogP contribution in [-0.2, 0) is 19.6 Å². The highest BCUT2D eigenvalue weighted by Gasteiger charge is 2.38. The number of nitrogens with zero attached hydrogens (tertiary/aromatic N) is 1. The highest BCUT2D eigenvalue weighted by Crippen LogP contribution is 2.25. The van der Waals surface area contributed by atoms with E-state index in [0.717, 1.165) is 16.5 Å².